The molecule has 3 nitrogen and oxygen atoms in total. The zero-order chi connectivity index (χ0) is 14.2. The molecule has 1 aliphatic heterocycles. The average Bonchev–Trinajstić information content (AvgIpc) is 2.88. The molecule has 2 fully saturated rings. The molecule has 1 heterocycles. The Morgan fingerprint density at radius 2 is 1.80 bits per heavy atom. The molecule has 0 bridgehead atoms. The first-order valence-corrected chi connectivity index (χ1v) is 8.17. The zero-order valence-corrected chi connectivity index (χ0v) is 13.2. The zero-order valence-electron chi connectivity index (χ0n) is 11.6. The van der Waals surface area contributed by atoms with Crippen LogP contribution in [0.5, 0.6) is 0 Å². The number of piperidine rings is 1. The van der Waals surface area contributed by atoms with Gasteiger partial charge in [-0.25, -0.2) is 4.79 Å². The number of hydrogen-bond acceptors (Lipinski definition) is 2. The van der Waals surface area contributed by atoms with Crippen molar-refractivity contribution in [2.45, 2.75) is 38.5 Å². The molecule has 0 unspecified atom stereocenters. The topological polar surface area (TPSA) is 40.5 Å². The maximum Gasteiger partial charge on any atom is 0.337 e. The van der Waals surface area contributed by atoms with Crippen molar-refractivity contribution < 1.29 is 9.90 Å². The van der Waals surface area contributed by atoms with E-state index in [9.17, 15) is 9.90 Å². The minimum Gasteiger partial charge on any atom is -0.478 e. The summed E-state index contributed by atoms with van der Waals surface area (Å²) < 4.78 is 0.822. The molecule has 0 aromatic heterocycles. The lowest BCUT2D eigenvalue weighted by Gasteiger charge is -2.41. The monoisotopic (exact) mass is 337 g/mol. The largest absolute Gasteiger partial charge is 0.478 e. The van der Waals surface area contributed by atoms with Crippen LogP contribution in [0.25, 0.3) is 0 Å². The Labute approximate surface area is 128 Å². The van der Waals surface area contributed by atoms with E-state index in [1.54, 1.807) is 6.07 Å². The summed E-state index contributed by atoms with van der Waals surface area (Å²) in [6.07, 6.45) is 7.90. The van der Waals surface area contributed by atoms with Crippen molar-refractivity contribution in [2.24, 2.45) is 5.41 Å². The molecule has 1 saturated carbocycles. The van der Waals surface area contributed by atoms with Gasteiger partial charge in [-0.15, -0.1) is 0 Å². The van der Waals surface area contributed by atoms with Crippen LogP contribution in [0.15, 0.2) is 22.7 Å². The Balaban J connectivity index is 1.79. The highest BCUT2D eigenvalue weighted by Gasteiger charge is 2.37. The van der Waals surface area contributed by atoms with Crippen LogP contribution in [-0.4, -0.2) is 24.2 Å². The molecule has 1 saturated heterocycles. The molecule has 1 aliphatic carbocycles. The fourth-order valence-electron chi connectivity index (χ4n) is 3.80. The van der Waals surface area contributed by atoms with Crippen LogP contribution in [0.4, 0.5) is 5.69 Å². The smallest absolute Gasteiger partial charge is 0.337 e. The minimum atomic E-state index is -0.845. The number of carboxylic acids is 1. The summed E-state index contributed by atoms with van der Waals surface area (Å²) in [5, 5.41) is 9.38. The van der Waals surface area contributed by atoms with Crippen LogP contribution in [0.3, 0.4) is 0 Å². The fourth-order valence-corrected chi connectivity index (χ4v) is 4.16. The van der Waals surface area contributed by atoms with E-state index in [1.807, 2.05) is 12.1 Å². The minimum absolute atomic E-state index is 0.404. The highest BCUT2D eigenvalue weighted by Crippen LogP contribution is 2.46. The van der Waals surface area contributed by atoms with Crippen molar-refractivity contribution in [1.29, 1.82) is 0 Å². The van der Waals surface area contributed by atoms with E-state index in [0.717, 1.165) is 23.2 Å². The van der Waals surface area contributed by atoms with Gasteiger partial charge in [-0.2, -0.15) is 0 Å². The molecule has 1 aromatic rings. The van der Waals surface area contributed by atoms with Crippen molar-refractivity contribution >= 4 is 27.6 Å². The molecule has 2 aliphatic rings. The number of benzene rings is 1. The molecule has 20 heavy (non-hydrogen) atoms. The third kappa shape index (κ3) is 2.58. The van der Waals surface area contributed by atoms with Gasteiger partial charge in [-0.05, 0) is 49.3 Å². The van der Waals surface area contributed by atoms with Crippen molar-refractivity contribution in [1.82, 2.24) is 0 Å². The van der Waals surface area contributed by atoms with E-state index in [-0.39, 0.29) is 0 Å². The van der Waals surface area contributed by atoms with Crippen molar-refractivity contribution in [3.8, 4) is 0 Å². The maximum absolute atomic E-state index is 11.4. The fraction of sp³-hybridized carbons (Fsp3) is 0.562. The van der Waals surface area contributed by atoms with E-state index in [1.165, 1.54) is 38.5 Å². The third-order valence-corrected chi connectivity index (χ3v) is 5.51. The quantitative estimate of drug-likeness (QED) is 0.874. The summed E-state index contributed by atoms with van der Waals surface area (Å²) in [7, 11) is 0. The Bertz CT molecular complexity index is 513. The normalized spacial score (nSPS) is 21.4. The Morgan fingerprint density at radius 1 is 1.15 bits per heavy atom. The highest BCUT2D eigenvalue weighted by atomic mass is 79.9. The second-order valence-corrected chi connectivity index (χ2v) is 7.08. The van der Waals surface area contributed by atoms with Crippen molar-refractivity contribution in [3.05, 3.63) is 28.2 Å². The number of carboxylic acid groups (broad SMARTS) is 1. The van der Waals surface area contributed by atoms with Crippen LogP contribution in [0.2, 0.25) is 0 Å². The summed E-state index contributed by atoms with van der Waals surface area (Å²) in [6, 6.07) is 5.57. The molecule has 0 amide bonds. The van der Waals surface area contributed by atoms with E-state index < -0.39 is 5.97 Å². The second-order valence-electron chi connectivity index (χ2n) is 6.16. The first-order chi connectivity index (χ1) is 9.60. The van der Waals surface area contributed by atoms with Crippen molar-refractivity contribution in [2.75, 3.05) is 18.0 Å². The second kappa shape index (κ2) is 5.40. The molecule has 0 radical (unpaired) electrons. The van der Waals surface area contributed by atoms with Gasteiger partial charge in [-0.3, -0.25) is 0 Å². The van der Waals surface area contributed by atoms with Crippen LogP contribution < -0.4 is 4.90 Å². The molecule has 0 atom stereocenters. The van der Waals surface area contributed by atoms with Gasteiger partial charge >= 0.3 is 5.97 Å². The molecule has 1 N–H and O–H groups in total. The van der Waals surface area contributed by atoms with Gasteiger partial charge in [0.05, 0.1) is 11.3 Å². The van der Waals surface area contributed by atoms with Crippen LogP contribution in [-0.2, 0) is 0 Å². The van der Waals surface area contributed by atoms with E-state index in [2.05, 4.69) is 20.8 Å². The molecule has 4 heteroatoms. The van der Waals surface area contributed by atoms with Crippen molar-refractivity contribution in [3.63, 3.8) is 0 Å². The first kappa shape index (κ1) is 13.9. The maximum atomic E-state index is 11.4. The van der Waals surface area contributed by atoms with Crippen LogP contribution in [0, 0.1) is 5.41 Å². The number of nitrogens with zero attached hydrogens (tertiary/aromatic N) is 1. The number of halogens is 1. The van der Waals surface area contributed by atoms with Gasteiger partial charge in [0.25, 0.3) is 0 Å². The Hall–Kier alpha value is -1.03. The van der Waals surface area contributed by atoms with E-state index in [4.69, 9.17) is 0 Å². The summed E-state index contributed by atoms with van der Waals surface area (Å²) in [5.41, 5.74) is 1.84. The van der Waals surface area contributed by atoms with Gasteiger partial charge < -0.3 is 10.0 Å². The Morgan fingerprint density at radius 3 is 2.40 bits per heavy atom. The first-order valence-electron chi connectivity index (χ1n) is 7.38. The third-order valence-electron chi connectivity index (χ3n) is 5.02. The van der Waals surface area contributed by atoms with Gasteiger partial charge in [0.15, 0.2) is 0 Å². The SMILES string of the molecule is O=C(O)c1cc(Br)ccc1N1CCC2(CCCC2)CC1. The number of hydrogen-bond donors (Lipinski definition) is 1. The molecular weight excluding hydrogens is 318 g/mol. The molecule has 1 spiro atoms. The highest BCUT2D eigenvalue weighted by molar-refractivity contribution is 9.10. The number of rotatable bonds is 2. The Kier molecular flexibility index (Phi) is 3.76. The predicted octanol–water partition coefficient (Wildman–Crippen LogP) is 4.31. The number of anilines is 1. The van der Waals surface area contributed by atoms with E-state index >= 15 is 0 Å². The summed E-state index contributed by atoms with van der Waals surface area (Å²) in [4.78, 5) is 13.7. The van der Waals surface area contributed by atoms with E-state index in [0.29, 0.717) is 11.0 Å². The number of carbonyl (C=O) groups is 1. The lowest BCUT2D eigenvalue weighted by molar-refractivity contribution is 0.0697. The summed E-state index contributed by atoms with van der Waals surface area (Å²) in [6.45, 7) is 1.98. The van der Waals surface area contributed by atoms with Gasteiger partial charge in [0.1, 0.15) is 0 Å². The van der Waals surface area contributed by atoms with Gasteiger partial charge in [0, 0.05) is 17.6 Å². The molecule has 3 rings (SSSR count). The van der Waals surface area contributed by atoms with Gasteiger partial charge in [0.2, 0.25) is 0 Å². The standard InChI is InChI=1S/C16H20BrNO2/c17-12-3-4-14(13(11-12)15(19)20)18-9-7-16(8-10-18)5-1-2-6-16/h3-4,11H,1-2,5-10H2,(H,19,20). The van der Waals surface area contributed by atoms with Gasteiger partial charge in [-0.1, -0.05) is 28.8 Å². The molecule has 108 valence electrons. The molecule has 1 aromatic carbocycles. The summed E-state index contributed by atoms with van der Waals surface area (Å²) in [5.74, 6) is -0.845. The van der Waals surface area contributed by atoms with Crippen LogP contribution in [0.1, 0.15) is 48.9 Å². The predicted molar refractivity (Wildman–Crippen MR) is 83.4 cm³/mol. The lowest BCUT2D eigenvalue weighted by atomic mass is 9.77. The van der Waals surface area contributed by atoms with Crippen LogP contribution >= 0.6 is 15.9 Å². The lowest BCUT2D eigenvalue weighted by Crippen LogP contribution is -2.39. The average molecular weight is 338 g/mol. The molecular formula is C16H20BrNO2. The summed E-state index contributed by atoms with van der Waals surface area (Å²) >= 11 is 3.36. The number of aromatic carboxylic acids is 1.